The fourth-order valence-electron chi connectivity index (χ4n) is 1.27. The third-order valence-corrected chi connectivity index (χ3v) is 2.14. The fourth-order valence-corrected chi connectivity index (χ4v) is 1.27. The van der Waals surface area contributed by atoms with Gasteiger partial charge in [-0.15, -0.1) is 0 Å². The molecular weight excluding hydrogens is 184 g/mol. The Morgan fingerprint density at radius 1 is 1.43 bits per heavy atom. The number of rotatable bonds is 5. The van der Waals surface area contributed by atoms with Gasteiger partial charge >= 0.3 is 0 Å². The summed E-state index contributed by atoms with van der Waals surface area (Å²) < 4.78 is 0. The molecule has 0 heterocycles. The van der Waals surface area contributed by atoms with Crippen LogP contribution in [0.25, 0.3) is 0 Å². The molecule has 0 aliphatic carbocycles. The van der Waals surface area contributed by atoms with Gasteiger partial charge in [0.1, 0.15) is 6.04 Å². The van der Waals surface area contributed by atoms with Crippen LogP contribution in [0.2, 0.25) is 0 Å². The molecule has 2 N–H and O–H groups in total. The SMILES string of the molecule is CCC[C@@H](C(=O)NO)N(C)C(=O)CC. The number of hydroxylamine groups is 1. The second-order valence-corrected chi connectivity index (χ2v) is 3.14. The smallest absolute Gasteiger partial charge is 0.266 e. The Morgan fingerprint density at radius 2 is 2.00 bits per heavy atom. The highest BCUT2D eigenvalue weighted by Crippen LogP contribution is 2.06. The topological polar surface area (TPSA) is 69.6 Å². The highest BCUT2D eigenvalue weighted by atomic mass is 16.5. The Morgan fingerprint density at radius 3 is 2.36 bits per heavy atom. The molecule has 0 aliphatic heterocycles. The molecule has 0 aromatic carbocycles. The van der Waals surface area contributed by atoms with E-state index in [1.165, 1.54) is 4.90 Å². The zero-order chi connectivity index (χ0) is 11.1. The van der Waals surface area contributed by atoms with Crippen LogP contribution in [-0.2, 0) is 9.59 Å². The third-order valence-electron chi connectivity index (χ3n) is 2.14. The highest BCUT2D eigenvalue weighted by molar-refractivity contribution is 5.86. The Labute approximate surface area is 84.0 Å². The Balaban J connectivity index is 4.47. The first-order valence-electron chi connectivity index (χ1n) is 4.78. The molecular formula is C9H18N2O3. The zero-order valence-electron chi connectivity index (χ0n) is 8.91. The van der Waals surface area contributed by atoms with E-state index in [4.69, 9.17) is 5.21 Å². The quantitative estimate of drug-likeness (QED) is 0.504. The molecule has 0 spiro atoms. The lowest BCUT2D eigenvalue weighted by atomic mass is 10.1. The average molecular weight is 202 g/mol. The summed E-state index contributed by atoms with van der Waals surface area (Å²) in [7, 11) is 1.57. The molecule has 0 aliphatic rings. The standard InChI is InChI=1S/C9H18N2O3/c1-4-6-7(9(13)10-14)11(3)8(12)5-2/h7,14H,4-6H2,1-3H3,(H,10,13)/t7-/m0/s1. The summed E-state index contributed by atoms with van der Waals surface area (Å²) >= 11 is 0. The van der Waals surface area contributed by atoms with Gasteiger partial charge in [-0.2, -0.15) is 0 Å². The van der Waals surface area contributed by atoms with Crippen LogP contribution in [0, 0.1) is 0 Å². The van der Waals surface area contributed by atoms with Crippen molar-refractivity contribution in [1.29, 1.82) is 0 Å². The number of nitrogens with zero attached hydrogens (tertiary/aromatic N) is 1. The maximum Gasteiger partial charge on any atom is 0.266 e. The summed E-state index contributed by atoms with van der Waals surface area (Å²) in [5.74, 6) is -0.636. The molecule has 0 radical (unpaired) electrons. The lowest BCUT2D eigenvalue weighted by Crippen LogP contribution is -2.46. The van der Waals surface area contributed by atoms with E-state index in [2.05, 4.69) is 0 Å². The van der Waals surface area contributed by atoms with E-state index in [1.54, 1.807) is 19.5 Å². The fraction of sp³-hybridized carbons (Fsp3) is 0.778. The van der Waals surface area contributed by atoms with Crippen molar-refractivity contribution in [3.05, 3.63) is 0 Å². The van der Waals surface area contributed by atoms with E-state index in [-0.39, 0.29) is 5.91 Å². The van der Waals surface area contributed by atoms with Gasteiger partial charge in [0.15, 0.2) is 0 Å². The van der Waals surface area contributed by atoms with Gasteiger partial charge in [0.2, 0.25) is 5.91 Å². The number of likely N-dealkylation sites (N-methyl/N-ethyl adjacent to an activating group) is 1. The molecule has 2 amide bonds. The van der Waals surface area contributed by atoms with Gasteiger partial charge in [0.25, 0.3) is 5.91 Å². The summed E-state index contributed by atoms with van der Waals surface area (Å²) in [5, 5.41) is 8.50. The van der Waals surface area contributed by atoms with Crippen LogP contribution in [-0.4, -0.2) is 35.0 Å². The van der Waals surface area contributed by atoms with E-state index < -0.39 is 11.9 Å². The lowest BCUT2D eigenvalue weighted by Gasteiger charge is -2.25. The number of amides is 2. The maximum absolute atomic E-state index is 11.3. The molecule has 0 aromatic rings. The van der Waals surface area contributed by atoms with Crippen LogP contribution in [0.3, 0.4) is 0 Å². The molecule has 14 heavy (non-hydrogen) atoms. The van der Waals surface area contributed by atoms with Crippen LogP contribution >= 0.6 is 0 Å². The number of carbonyl (C=O) groups excluding carboxylic acids is 2. The molecule has 0 bridgehead atoms. The zero-order valence-corrected chi connectivity index (χ0v) is 8.91. The van der Waals surface area contributed by atoms with Crippen molar-refractivity contribution in [2.24, 2.45) is 0 Å². The maximum atomic E-state index is 11.3. The number of carbonyl (C=O) groups is 2. The van der Waals surface area contributed by atoms with Gasteiger partial charge in [-0.25, -0.2) is 5.48 Å². The molecule has 1 atom stereocenters. The van der Waals surface area contributed by atoms with Gasteiger partial charge in [-0.05, 0) is 6.42 Å². The van der Waals surface area contributed by atoms with Crippen molar-refractivity contribution < 1.29 is 14.8 Å². The first kappa shape index (κ1) is 12.9. The van der Waals surface area contributed by atoms with Gasteiger partial charge in [-0.1, -0.05) is 20.3 Å². The van der Waals surface area contributed by atoms with E-state index in [1.807, 2.05) is 6.92 Å². The van der Waals surface area contributed by atoms with Crippen LogP contribution in [0.5, 0.6) is 0 Å². The molecule has 0 fully saturated rings. The summed E-state index contributed by atoms with van der Waals surface area (Å²) in [5.41, 5.74) is 1.58. The molecule has 0 aromatic heterocycles. The molecule has 5 nitrogen and oxygen atoms in total. The van der Waals surface area contributed by atoms with E-state index >= 15 is 0 Å². The third kappa shape index (κ3) is 3.33. The molecule has 0 rings (SSSR count). The van der Waals surface area contributed by atoms with Crippen molar-refractivity contribution in [2.75, 3.05) is 7.05 Å². The predicted molar refractivity (Wildman–Crippen MR) is 51.7 cm³/mol. The van der Waals surface area contributed by atoms with Gasteiger partial charge < -0.3 is 4.90 Å². The van der Waals surface area contributed by atoms with Crippen LogP contribution in [0.15, 0.2) is 0 Å². The van der Waals surface area contributed by atoms with Gasteiger partial charge in [-0.3, -0.25) is 14.8 Å². The summed E-state index contributed by atoms with van der Waals surface area (Å²) in [6, 6.07) is -0.572. The summed E-state index contributed by atoms with van der Waals surface area (Å²) in [6.07, 6.45) is 1.68. The van der Waals surface area contributed by atoms with E-state index in [9.17, 15) is 9.59 Å². The van der Waals surface area contributed by atoms with Gasteiger partial charge in [0, 0.05) is 13.5 Å². The number of nitrogens with one attached hydrogen (secondary N) is 1. The molecule has 0 unspecified atom stereocenters. The summed E-state index contributed by atoms with van der Waals surface area (Å²) in [4.78, 5) is 23.9. The normalized spacial score (nSPS) is 12.0. The molecule has 0 saturated carbocycles. The molecule has 82 valence electrons. The van der Waals surface area contributed by atoms with E-state index in [0.717, 1.165) is 6.42 Å². The first-order valence-corrected chi connectivity index (χ1v) is 4.78. The van der Waals surface area contributed by atoms with Crippen molar-refractivity contribution in [2.45, 2.75) is 39.2 Å². The van der Waals surface area contributed by atoms with Gasteiger partial charge in [0.05, 0.1) is 0 Å². The number of hydrogen-bond acceptors (Lipinski definition) is 3. The Bertz CT molecular complexity index is 206. The van der Waals surface area contributed by atoms with Crippen molar-refractivity contribution in [3.8, 4) is 0 Å². The number of hydrogen-bond donors (Lipinski definition) is 2. The Hall–Kier alpha value is -1.10. The van der Waals surface area contributed by atoms with Crippen LogP contribution in [0.1, 0.15) is 33.1 Å². The minimum Gasteiger partial charge on any atom is -0.334 e. The lowest BCUT2D eigenvalue weighted by molar-refractivity contribution is -0.143. The molecule has 0 saturated heterocycles. The minimum atomic E-state index is -0.572. The highest BCUT2D eigenvalue weighted by Gasteiger charge is 2.24. The molecule has 5 heteroatoms. The van der Waals surface area contributed by atoms with Crippen LogP contribution in [0.4, 0.5) is 0 Å². The van der Waals surface area contributed by atoms with Crippen molar-refractivity contribution >= 4 is 11.8 Å². The Kier molecular flexibility index (Phi) is 5.87. The monoisotopic (exact) mass is 202 g/mol. The second-order valence-electron chi connectivity index (χ2n) is 3.14. The average Bonchev–Trinajstić information content (AvgIpc) is 2.22. The van der Waals surface area contributed by atoms with E-state index in [0.29, 0.717) is 12.8 Å². The van der Waals surface area contributed by atoms with Crippen LogP contribution < -0.4 is 5.48 Å². The minimum absolute atomic E-state index is 0.105. The largest absolute Gasteiger partial charge is 0.334 e. The van der Waals surface area contributed by atoms with Crippen molar-refractivity contribution in [3.63, 3.8) is 0 Å². The predicted octanol–water partition coefficient (Wildman–Crippen LogP) is 0.529. The second kappa shape index (κ2) is 6.37. The summed E-state index contributed by atoms with van der Waals surface area (Å²) in [6.45, 7) is 3.65. The van der Waals surface area contributed by atoms with Crippen molar-refractivity contribution in [1.82, 2.24) is 10.4 Å². The first-order chi connectivity index (χ1) is 6.58.